The molecule has 0 radical (unpaired) electrons. The highest BCUT2D eigenvalue weighted by atomic mass is 32.2. The number of aliphatic hydroxyl groups excluding tert-OH is 2. The van der Waals surface area contributed by atoms with Crippen LogP contribution in [0.15, 0.2) is 46.1 Å². The molecule has 0 bridgehead atoms. The molecule has 0 aliphatic carbocycles. The number of benzene rings is 2. The maximum Gasteiger partial charge on any atom is 0.270 e. The van der Waals surface area contributed by atoms with Gasteiger partial charge in [-0.25, -0.2) is 8.42 Å². The molecule has 154 valence electrons. The number of non-ortho nitro benzene ring substituents is 1. The second kappa shape index (κ2) is 7.87. The van der Waals surface area contributed by atoms with Gasteiger partial charge in [-0.15, -0.1) is 0 Å². The molecule has 0 amide bonds. The molecule has 3 aromatic rings. The van der Waals surface area contributed by atoms with Crippen LogP contribution in [-0.2, 0) is 17.1 Å². The Balaban J connectivity index is 2.29. The minimum Gasteiger partial charge on any atom is -0.395 e. The van der Waals surface area contributed by atoms with Crippen molar-refractivity contribution in [3.63, 3.8) is 0 Å². The molecular formula is C18H19N3O7S. The Kier molecular flexibility index (Phi) is 5.66. The van der Waals surface area contributed by atoms with Gasteiger partial charge in [-0.2, -0.15) is 4.31 Å². The van der Waals surface area contributed by atoms with Crippen LogP contribution in [-0.4, -0.2) is 58.7 Å². The average Bonchev–Trinajstić information content (AvgIpc) is 2.71. The van der Waals surface area contributed by atoms with Crippen molar-refractivity contribution in [2.45, 2.75) is 4.90 Å². The number of rotatable bonds is 7. The molecule has 0 fully saturated rings. The fourth-order valence-corrected chi connectivity index (χ4v) is 4.71. The molecule has 0 aliphatic rings. The normalized spacial score (nSPS) is 12.1. The fourth-order valence-electron chi connectivity index (χ4n) is 3.26. The first-order chi connectivity index (χ1) is 13.7. The molecule has 0 atom stereocenters. The number of sulfonamides is 1. The van der Waals surface area contributed by atoms with E-state index in [1.165, 1.54) is 36.4 Å². The van der Waals surface area contributed by atoms with Gasteiger partial charge in [0.25, 0.3) is 5.69 Å². The predicted octanol–water partition coefficient (Wildman–Crippen LogP) is 0.575. The molecule has 2 aromatic carbocycles. The fraction of sp³-hybridized carbons (Fsp3) is 0.278. The highest BCUT2D eigenvalue weighted by Gasteiger charge is 2.25. The molecule has 3 rings (SSSR count). The van der Waals surface area contributed by atoms with Gasteiger partial charge in [0, 0.05) is 37.7 Å². The molecule has 11 heteroatoms. The van der Waals surface area contributed by atoms with Crippen LogP contribution in [0.25, 0.3) is 21.8 Å². The summed E-state index contributed by atoms with van der Waals surface area (Å²) in [6.45, 7) is -1.27. The molecule has 2 N–H and O–H groups in total. The molecule has 29 heavy (non-hydrogen) atoms. The largest absolute Gasteiger partial charge is 0.395 e. The van der Waals surface area contributed by atoms with Crippen molar-refractivity contribution in [1.82, 2.24) is 8.87 Å². The van der Waals surface area contributed by atoms with E-state index in [9.17, 15) is 23.3 Å². The number of aryl methyl sites for hydroxylation is 1. The first-order valence-corrected chi connectivity index (χ1v) is 10.1. The molecule has 0 aliphatic heterocycles. The van der Waals surface area contributed by atoms with Crippen molar-refractivity contribution in [1.29, 1.82) is 0 Å². The SMILES string of the molecule is Cn1c2ccc([N+](=O)[O-])cc2c(=O)c2cc(S(=O)(=O)N(CCO)CCO)ccc21. The van der Waals surface area contributed by atoms with E-state index in [0.29, 0.717) is 11.0 Å². The third-order valence-electron chi connectivity index (χ3n) is 4.71. The Labute approximate surface area is 165 Å². The summed E-state index contributed by atoms with van der Waals surface area (Å²) >= 11 is 0. The lowest BCUT2D eigenvalue weighted by molar-refractivity contribution is -0.384. The smallest absolute Gasteiger partial charge is 0.270 e. The molecule has 1 heterocycles. The lowest BCUT2D eigenvalue weighted by Gasteiger charge is -2.20. The predicted molar refractivity (Wildman–Crippen MR) is 106 cm³/mol. The van der Waals surface area contributed by atoms with E-state index in [0.717, 1.165) is 4.31 Å². The van der Waals surface area contributed by atoms with Crippen molar-refractivity contribution in [2.75, 3.05) is 26.3 Å². The Hall–Kier alpha value is -2.86. The van der Waals surface area contributed by atoms with Gasteiger partial charge in [-0.3, -0.25) is 14.9 Å². The summed E-state index contributed by atoms with van der Waals surface area (Å²) in [5, 5.41) is 29.5. The van der Waals surface area contributed by atoms with E-state index in [4.69, 9.17) is 10.2 Å². The van der Waals surface area contributed by atoms with E-state index in [1.807, 2.05) is 0 Å². The number of fused-ring (bicyclic) bond motifs is 2. The Morgan fingerprint density at radius 3 is 2.14 bits per heavy atom. The first kappa shape index (κ1) is 20.9. The molecule has 0 spiro atoms. The van der Waals surface area contributed by atoms with Crippen molar-refractivity contribution >= 4 is 37.5 Å². The minimum absolute atomic E-state index is 0.0921. The summed E-state index contributed by atoms with van der Waals surface area (Å²) in [6, 6.07) is 7.99. The van der Waals surface area contributed by atoms with Crippen LogP contribution < -0.4 is 5.43 Å². The maximum atomic E-state index is 13.0. The lowest BCUT2D eigenvalue weighted by Crippen LogP contribution is -2.35. The van der Waals surface area contributed by atoms with Crippen LogP contribution in [0, 0.1) is 10.1 Å². The van der Waals surface area contributed by atoms with Crippen LogP contribution in [0.1, 0.15) is 0 Å². The van der Waals surface area contributed by atoms with Crippen LogP contribution in [0.4, 0.5) is 5.69 Å². The number of aromatic nitrogens is 1. The van der Waals surface area contributed by atoms with Crippen molar-refractivity contribution in [2.24, 2.45) is 7.05 Å². The Bertz CT molecular complexity index is 1260. The molecule has 10 nitrogen and oxygen atoms in total. The van der Waals surface area contributed by atoms with Gasteiger partial charge >= 0.3 is 0 Å². The van der Waals surface area contributed by atoms with Crippen LogP contribution >= 0.6 is 0 Å². The average molecular weight is 421 g/mol. The quantitative estimate of drug-likeness (QED) is 0.323. The van der Waals surface area contributed by atoms with Crippen LogP contribution in [0.3, 0.4) is 0 Å². The monoisotopic (exact) mass is 421 g/mol. The number of pyridine rings is 1. The van der Waals surface area contributed by atoms with E-state index in [-0.39, 0.29) is 34.4 Å². The van der Waals surface area contributed by atoms with Gasteiger partial charge in [0.05, 0.1) is 39.5 Å². The van der Waals surface area contributed by atoms with E-state index < -0.39 is 33.6 Å². The minimum atomic E-state index is -4.06. The van der Waals surface area contributed by atoms with Gasteiger partial charge in [0.2, 0.25) is 10.0 Å². The zero-order valence-electron chi connectivity index (χ0n) is 15.5. The molecule has 0 unspecified atom stereocenters. The van der Waals surface area contributed by atoms with Crippen molar-refractivity contribution in [3.8, 4) is 0 Å². The number of hydrogen-bond acceptors (Lipinski definition) is 7. The third kappa shape index (κ3) is 3.60. The summed E-state index contributed by atoms with van der Waals surface area (Å²) < 4.78 is 28.3. The second-order valence-electron chi connectivity index (χ2n) is 6.38. The lowest BCUT2D eigenvalue weighted by atomic mass is 10.1. The highest BCUT2D eigenvalue weighted by molar-refractivity contribution is 7.89. The maximum absolute atomic E-state index is 13.0. The Morgan fingerprint density at radius 1 is 1.03 bits per heavy atom. The summed E-state index contributed by atoms with van der Waals surface area (Å²) in [5.74, 6) is 0. The molecule has 1 aromatic heterocycles. The zero-order chi connectivity index (χ0) is 21.3. The van der Waals surface area contributed by atoms with E-state index in [1.54, 1.807) is 11.6 Å². The van der Waals surface area contributed by atoms with Gasteiger partial charge in [-0.05, 0) is 24.3 Å². The molecular weight excluding hydrogens is 402 g/mol. The first-order valence-electron chi connectivity index (χ1n) is 8.65. The Morgan fingerprint density at radius 2 is 1.59 bits per heavy atom. The van der Waals surface area contributed by atoms with Crippen molar-refractivity contribution in [3.05, 3.63) is 56.7 Å². The number of aliphatic hydroxyl groups is 2. The van der Waals surface area contributed by atoms with Crippen molar-refractivity contribution < 1.29 is 23.6 Å². The van der Waals surface area contributed by atoms with Gasteiger partial charge in [0.1, 0.15) is 0 Å². The van der Waals surface area contributed by atoms with E-state index >= 15 is 0 Å². The zero-order valence-corrected chi connectivity index (χ0v) is 16.3. The molecule has 0 saturated carbocycles. The van der Waals surface area contributed by atoms with Gasteiger partial charge in [0.15, 0.2) is 5.43 Å². The summed E-state index contributed by atoms with van der Waals surface area (Å²) in [4.78, 5) is 23.3. The number of nitro benzene ring substituents is 1. The van der Waals surface area contributed by atoms with Gasteiger partial charge < -0.3 is 14.8 Å². The summed E-state index contributed by atoms with van der Waals surface area (Å²) in [6.07, 6.45) is 0. The van der Waals surface area contributed by atoms with Gasteiger partial charge in [-0.1, -0.05) is 0 Å². The van der Waals surface area contributed by atoms with E-state index in [2.05, 4.69) is 0 Å². The standard InChI is InChI=1S/C18H19N3O7S/c1-19-16-4-2-12(21(25)26)10-14(16)18(24)15-11-13(3-5-17(15)19)29(27,28)20(6-8-22)7-9-23/h2-5,10-11,22-23H,6-9H2,1H3. The summed E-state index contributed by atoms with van der Waals surface area (Å²) in [7, 11) is -2.39. The van der Waals surface area contributed by atoms with Crippen LogP contribution in [0.2, 0.25) is 0 Å². The number of nitrogens with zero attached hydrogens (tertiary/aromatic N) is 3. The summed E-state index contributed by atoms with van der Waals surface area (Å²) in [5.41, 5.74) is 0.177. The third-order valence-corrected chi connectivity index (χ3v) is 6.60. The second-order valence-corrected chi connectivity index (χ2v) is 8.31. The van der Waals surface area contributed by atoms with Crippen LogP contribution in [0.5, 0.6) is 0 Å². The number of hydrogen-bond donors (Lipinski definition) is 2. The highest BCUT2D eigenvalue weighted by Crippen LogP contribution is 2.25. The topological polar surface area (TPSA) is 143 Å². The molecule has 0 saturated heterocycles. The number of nitro groups is 1.